The Morgan fingerprint density at radius 3 is 2.75 bits per heavy atom. The van der Waals surface area contributed by atoms with Crippen molar-refractivity contribution in [1.82, 2.24) is 0 Å². The van der Waals surface area contributed by atoms with Crippen LogP contribution in [0.4, 0.5) is 0 Å². The molecule has 0 aromatic carbocycles. The van der Waals surface area contributed by atoms with Crippen molar-refractivity contribution in [3.8, 4) is 0 Å². The third-order valence-corrected chi connectivity index (χ3v) is 0.881. The van der Waals surface area contributed by atoms with Crippen LogP contribution in [-0.4, -0.2) is 31.5 Å². The monoisotopic (exact) mass is 119 g/mol. The van der Waals surface area contributed by atoms with Gasteiger partial charge in [0.1, 0.15) is 0 Å². The van der Waals surface area contributed by atoms with Crippen LogP contribution in [0.3, 0.4) is 0 Å². The Morgan fingerprint density at radius 1 is 1.75 bits per heavy atom. The molecule has 1 atom stereocenters. The molecule has 0 bridgehead atoms. The van der Waals surface area contributed by atoms with Crippen LogP contribution >= 0.6 is 0 Å². The molecule has 3 N–H and O–H groups in total. The zero-order valence-electron chi connectivity index (χ0n) is 5.13. The predicted octanol–water partition coefficient (Wildman–Crippen LogP) is -0.657. The average Bonchev–Trinajstić information content (AvgIpc) is 1.68. The molecule has 8 heavy (non-hydrogen) atoms. The number of hydrogen-bond donors (Lipinski definition) is 2. The second-order valence-electron chi connectivity index (χ2n) is 1.73. The summed E-state index contributed by atoms with van der Waals surface area (Å²) in [6.45, 7) is 0.672. The molecule has 0 aliphatic heterocycles. The molecular formula is C5H13NO2. The van der Waals surface area contributed by atoms with E-state index in [9.17, 15) is 0 Å². The van der Waals surface area contributed by atoms with Gasteiger partial charge in [-0.15, -0.1) is 0 Å². The Labute approximate surface area is 49.4 Å². The Kier molecular flexibility index (Phi) is 4.95. The van der Waals surface area contributed by atoms with Crippen LogP contribution in [-0.2, 0) is 4.74 Å². The van der Waals surface area contributed by atoms with Crippen LogP contribution in [0.1, 0.15) is 6.42 Å². The second-order valence-corrected chi connectivity index (χ2v) is 1.73. The van der Waals surface area contributed by atoms with Crippen LogP contribution in [0.5, 0.6) is 0 Å². The molecule has 0 unspecified atom stereocenters. The van der Waals surface area contributed by atoms with Crippen LogP contribution in [0.2, 0.25) is 0 Å². The fraction of sp³-hybridized carbons (Fsp3) is 1.00. The van der Waals surface area contributed by atoms with Gasteiger partial charge >= 0.3 is 0 Å². The standard InChI is InChI=1S/C5H13NO2/c1-8-4-5(6)2-3-7/h5,7H,2-4,6H2,1H3/t5-/m1/s1. The fourth-order valence-corrected chi connectivity index (χ4v) is 0.463. The Balaban J connectivity index is 2.92. The third kappa shape index (κ3) is 4.05. The molecule has 0 aromatic rings. The first-order valence-corrected chi connectivity index (χ1v) is 2.66. The summed E-state index contributed by atoms with van der Waals surface area (Å²) in [6, 6.07) is -0.00926. The number of hydrogen-bond acceptors (Lipinski definition) is 3. The minimum absolute atomic E-state index is 0.00926. The van der Waals surface area contributed by atoms with E-state index in [1.165, 1.54) is 0 Å². The maximum absolute atomic E-state index is 8.33. The van der Waals surface area contributed by atoms with Crippen molar-refractivity contribution in [2.24, 2.45) is 5.73 Å². The molecule has 0 radical (unpaired) electrons. The number of aliphatic hydroxyl groups is 1. The van der Waals surface area contributed by atoms with Gasteiger partial charge in [-0.3, -0.25) is 0 Å². The molecule has 0 fully saturated rings. The quantitative estimate of drug-likeness (QED) is 0.516. The van der Waals surface area contributed by atoms with Gasteiger partial charge < -0.3 is 15.6 Å². The van der Waals surface area contributed by atoms with E-state index in [0.29, 0.717) is 13.0 Å². The minimum Gasteiger partial charge on any atom is -0.396 e. The van der Waals surface area contributed by atoms with E-state index in [0.717, 1.165) is 0 Å². The molecule has 0 aliphatic rings. The highest BCUT2D eigenvalue weighted by Gasteiger charge is 1.97. The third-order valence-electron chi connectivity index (χ3n) is 0.881. The Bertz CT molecular complexity index is 43.7. The summed E-state index contributed by atoms with van der Waals surface area (Å²) in [4.78, 5) is 0. The fourth-order valence-electron chi connectivity index (χ4n) is 0.463. The van der Waals surface area contributed by atoms with Gasteiger partial charge in [0.25, 0.3) is 0 Å². The highest BCUT2D eigenvalue weighted by atomic mass is 16.5. The molecule has 0 rings (SSSR count). The SMILES string of the molecule is COC[C@H](N)CCO. The average molecular weight is 119 g/mol. The van der Waals surface area contributed by atoms with Gasteiger partial charge in [0.15, 0.2) is 0 Å². The maximum Gasteiger partial charge on any atom is 0.0614 e. The van der Waals surface area contributed by atoms with E-state index in [1.54, 1.807) is 7.11 Å². The molecule has 3 heteroatoms. The number of methoxy groups -OCH3 is 1. The molecule has 0 spiro atoms. The highest BCUT2D eigenvalue weighted by Crippen LogP contribution is 1.84. The maximum atomic E-state index is 8.33. The van der Waals surface area contributed by atoms with E-state index in [4.69, 9.17) is 15.6 Å². The number of rotatable bonds is 4. The Morgan fingerprint density at radius 2 is 2.38 bits per heavy atom. The largest absolute Gasteiger partial charge is 0.396 e. The molecule has 0 aliphatic carbocycles. The van der Waals surface area contributed by atoms with Crippen LogP contribution in [0.25, 0.3) is 0 Å². The topological polar surface area (TPSA) is 55.5 Å². The highest BCUT2D eigenvalue weighted by molar-refractivity contribution is 4.56. The van der Waals surface area contributed by atoms with E-state index in [1.807, 2.05) is 0 Å². The first-order valence-electron chi connectivity index (χ1n) is 2.66. The molecule has 0 amide bonds. The predicted molar refractivity (Wildman–Crippen MR) is 31.6 cm³/mol. The zero-order valence-corrected chi connectivity index (χ0v) is 5.13. The molecule has 50 valence electrons. The summed E-state index contributed by atoms with van der Waals surface area (Å²) < 4.78 is 4.72. The van der Waals surface area contributed by atoms with Gasteiger partial charge in [0.2, 0.25) is 0 Å². The van der Waals surface area contributed by atoms with Crippen molar-refractivity contribution >= 4 is 0 Å². The summed E-state index contributed by atoms with van der Waals surface area (Å²) in [6.07, 6.45) is 0.619. The molecule has 0 aromatic heterocycles. The van der Waals surface area contributed by atoms with Crippen molar-refractivity contribution < 1.29 is 9.84 Å². The van der Waals surface area contributed by atoms with E-state index < -0.39 is 0 Å². The van der Waals surface area contributed by atoms with Gasteiger partial charge in [-0.05, 0) is 6.42 Å². The lowest BCUT2D eigenvalue weighted by molar-refractivity contribution is 0.164. The summed E-state index contributed by atoms with van der Waals surface area (Å²) >= 11 is 0. The number of ether oxygens (including phenoxy) is 1. The first-order chi connectivity index (χ1) is 3.81. The van der Waals surface area contributed by atoms with Gasteiger partial charge in [-0.25, -0.2) is 0 Å². The Hall–Kier alpha value is -0.120. The van der Waals surface area contributed by atoms with Gasteiger partial charge in [0.05, 0.1) is 6.61 Å². The normalized spacial score (nSPS) is 13.9. The summed E-state index contributed by atoms with van der Waals surface area (Å²) in [5, 5.41) is 8.33. The molecule has 0 saturated heterocycles. The molecule has 3 nitrogen and oxygen atoms in total. The lowest BCUT2D eigenvalue weighted by atomic mass is 10.2. The van der Waals surface area contributed by atoms with Crippen LogP contribution < -0.4 is 5.73 Å². The van der Waals surface area contributed by atoms with E-state index >= 15 is 0 Å². The van der Waals surface area contributed by atoms with Crippen molar-refractivity contribution in [1.29, 1.82) is 0 Å². The minimum atomic E-state index is -0.00926. The van der Waals surface area contributed by atoms with Crippen molar-refractivity contribution in [2.75, 3.05) is 20.3 Å². The summed E-state index contributed by atoms with van der Waals surface area (Å²) in [7, 11) is 1.59. The van der Waals surface area contributed by atoms with Gasteiger partial charge in [0, 0.05) is 19.8 Å². The number of nitrogens with two attached hydrogens (primary N) is 1. The van der Waals surface area contributed by atoms with Crippen molar-refractivity contribution in [2.45, 2.75) is 12.5 Å². The van der Waals surface area contributed by atoms with E-state index in [-0.39, 0.29) is 12.6 Å². The van der Waals surface area contributed by atoms with Gasteiger partial charge in [-0.1, -0.05) is 0 Å². The first kappa shape index (κ1) is 7.88. The smallest absolute Gasteiger partial charge is 0.0614 e. The van der Waals surface area contributed by atoms with Crippen LogP contribution in [0, 0.1) is 0 Å². The summed E-state index contributed by atoms with van der Waals surface area (Å²) in [5.41, 5.74) is 5.41. The molecular weight excluding hydrogens is 106 g/mol. The number of aliphatic hydroxyl groups excluding tert-OH is 1. The van der Waals surface area contributed by atoms with Gasteiger partial charge in [-0.2, -0.15) is 0 Å². The second kappa shape index (κ2) is 5.03. The zero-order chi connectivity index (χ0) is 6.41. The van der Waals surface area contributed by atoms with Crippen molar-refractivity contribution in [3.05, 3.63) is 0 Å². The van der Waals surface area contributed by atoms with Crippen molar-refractivity contribution in [3.63, 3.8) is 0 Å². The summed E-state index contributed by atoms with van der Waals surface area (Å²) in [5.74, 6) is 0. The van der Waals surface area contributed by atoms with Crippen LogP contribution in [0.15, 0.2) is 0 Å². The van der Waals surface area contributed by atoms with E-state index in [2.05, 4.69) is 0 Å². The lowest BCUT2D eigenvalue weighted by Crippen LogP contribution is -2.26. The molecule has 0 saturated carbocycles. The lowest BCUT2D eigenvalue weighted by Gasteiger charge is -2.05. The molecule has 0 heterocycles.